The third-order valence-corrected chi connectivity index (χ3v) is 4.22. The highest BCUT2D eigenvalue weighted by molar-refractivity contribution is 5.52. The largest absolute Gasteiger partial charge is 0.489 e. The molecule has 0 fully saturated rings. The van der Waals surface area contributed by atoms with Crippen molar-refractivity contribution in [1.29, 1.82) is 0 Å². The van der Waals surface area contributed by atoms with Crippen molar-refractivity contribution in [2.75, 3.05) is 11.6 Å². The van der Waals surface area contributed by atoms with E-state index < -0.39 is 11.6 Å². The Balaban J connectivity index is 1.33. The lowest BCUT2D eigenvalue weighted by Gasteiger charge is -2.20. The van der Waals surface area contributed by atoms with Gasteiger partial charge in [-0.05, 0) is 36.4 Å². The maximum absolute atomic E-state index is 13.6. The molecular formula is C20H17F2N3O2. The Hall–Kier alpha value is -3.35. The van der Waals surface area contributed by atoms with Gasteiger partial charge in [0.1, 0.15) is 24.0 Å². The molecule has 1 aliphatic rings. The van der Waals surface area contributed by atoms with Crippen LogP contribution in [0.5, 0.6) is 5.75 Å². The van der Waals surface area contributed by atoms with E-state index in [-0.39, 0.29) is 6.61 Å². The normalized spacial score (nSPS) is 13.4. The Kier molecular flexibility index (Phi) is 4.74. The lowest BCUT2D eigenvalue weighted by atomic mass is 10.2. The number of hydrogen-bond donors (Lipinski definition) is 0. The standard InChI is InChI=1S/C20H17F2N3O2/c21-16-2-1-15(20(22)11-16)13-26-18-5-3-17(4-6-18)25-10-9-24(14-25)12-19-7-8-23-27-19/h1-11H,12-14H2. The molecule has 0 atom stereocenters. The van der Waals surface area contributed by atoms with Crippen molar-refractivity contribution in [1.82, 2.24) is 10.1 Å². The molecule has 2 heterocycles. The fourth-order valence-corrected chi connectivity index (χ4v) is 2.79. The molecule has 138 valence electrons. The summed E-state index contributed by atoms with van der Waals surface area (Å²) in [5.74, 6) is 0.208. The van der Waals surface area contributed by atoms with Crippen LogP contribution in [-0.2, 0) is 13.2 Å². The minimum absolute atomic E-state index is 0.0417. The highest BCUT2D eigenvalue weighted by atomic mass is 19.1. The van der Waals surface area contributed by atoms with Crippen molar-refractivity contribution in [3.8, 4) is 5.75 Å². The van der Waals surface area contributed by atoms with Crippen LogP contribution in [0.25, 0.3) is 0 Å². The molecule has 0 spiro atoms. The second-order valence-corrected chi connectivity index (χ2v) is 6.15. The Morgan fingerprint density at radius 1 is 1.04 bits per heavy atom. The van der Waals surface area contributed by atoms with E-state index in [9.17, 15) is 8.78 Å². The number of rotatable bonds is 6. The van der Waals surface area contributed by atoms with Gasteiger partial charge in [0.2, 0.25) is 0 Å². The molecule has 0 N–H and O–H groups in total. The minimum Gasteiger partial charge on any atom is -0.489 e. The molecular weight excluding hydrogens is 352 g/mol. The number of hydrogen-bond acceptors (Lipinski definition) is 5. The molecule has 7 heteroatoms. The van der Waals surface area contributed by atoms with Gasteiger partial charge in [-0.15, -0.1) is 0 Å². The van der Waals surface area contributed by atoms with Gasteiger partial charge in [-0.1, -0.05) is 5.16 Å². The lowest BCUT2D eigenvalue weighted by Crippen LogP contribution is -2.24. The first-order valence-corrected chi connectivity index (χ1v) is 8.43. The van der Waals surface area contributed by atoms with Crippen LogP contribution in [0, 0.1) is 11.6 Å². The summed E-state index contributed by atoms with van der Waals surface area (Å²) in [6.45, 7) is 1.39. The molecule has 0 amide bonds. The van der Waals surface area contributed by atoms with E-state index in [0.717, 1.165) is 17.5 Å². The van der Waals surface area contributed by atoms with Crippen LogP contribution in [0.15, 0.2) is 71.7 Å². The highest BCUT2D eigenvalue weighted by Crippen LogP contribution is 2.24. The summed E-state index contributed by atoms with van der Waals surface area (Å²) in [6.07, 6.45) is 5.60. The van der Waals surface area contributed by atoms with Gasteiger partial charge in [-0.3, -0.25) is 0 Å². The molecule has 4 rings (SSSR count). The molecule has 1 aromatic heterocycles. The maximum atomic E-state index is 13.6. The predicted molar refractivity (Wildman–Crippen MR) is 95.7 cm³/mol. The number of benzene rings is 2. The first kappa shape index (κ1) is 17.1. The third-order valence-electron chi connectivity index (χ3n) is 4.22. The number of aromatic nitrogens is 1. The summed E-state index contributed by atoms with van der Waals surface area (Å²) < 4.78 is 37.3. The summed E-state index contributed by atoms with van der Waals surface area (Å²) in [5, 5.41) is 3.70. The quantitative estimate of drug-likeness (QED) is 0.649. The highest BCUT2D eigenvalue weighted by Gasteiger charge is 2.15. The van der Waals surface area contributed by atoms with Crippen molar-refractivity contribution >= 4 is 5.69 Å². The molecule has 0 aliphatic carbocycles. The Bertz CT molecular complexity index is 927. The zero-order valence-electron chi connectivity index (χ0n) is 14.4. The first-order chi connectivity index (χ1) is 13.2. The number of nitrogens with zero attached hydrogens (tertiary/aromatic N) is 3. The zero-order chi connectivity index (χ0) is 18.6. The van der Waals surface area contributed by atoms with Crippen molar-refractivity contribution in [3.63, 3.8) is 0 Å². The molecule has 1 aliphatic heterocycles. The fraction of sp³-hybridized carbons (Fsp3) is 0.150. The smallest absolute Gasteiger partial charge is 0.155 e. The SMILES string of the molecule is Fc1ccc(COc2ccc(N3C=CN(Cc4ccno4)C3)cc2)c(F)c1. The number of anilines is 1. The average molecular weight is 369 g/mol. The summed E-state index contributed by atoms with van der Waals surface area (Å²) in [4.78, 5) is 4.18. The van der Waals surface area contributed by atoms with Crippen LogP contribution in [0.2, 0.25) is 0 Å². The minimum atomic E-state index is -0.610. The summed E-state index contributed by atoms with van der Waals surface area (Å²) in [5.41, 5.74) is 1.32. The van der Waals surface area contributed by atoms with Gasteiger partial charge >= 0.3 is 0 Å². The van der Waals surface area contributed by atoms with Crippen LogP contribution >= 0.6 is 0 Å². The van der Waals surface area contributed by atoms with E-state index in [2.05, 4.69) is 15.0 Å². The summed E-state index contributed by atoms with van der Waals surface area (Å²) in [7, 11) is 0. The Labute approximate surface area is 155 Å². The molecule has 0 saturated heterocycles. The molecule has 0 bridgehead atoms. The summed E-state index contributed by atoms with van der Waals surface area (Å²) in [6, 6.07) is 12.8. The van der Waals surface area contributed by atoms with Gasteiger partial charge in [0.15, 0.2) is 5.76 Å². The topological polar surface area (TPSA) is 41.7 Å². The molecule has 2 aromatic carbocycles. The molecule has 5 nitrogen and oxygen atoms in total. The van der Waals surface area contributed by atoms with Crippen molar-refractivity contribution < 1.29 is 18.0 Å². The van der Waals surface area contributed by atoms with Crippen LogP contribution in [0.1, 0.15) is 11.3 Å². The molecule has 27 heavy (non-hydrogen) atoms. The van der Waals surface area contributed by atoms with E-state index in [4.69, 9.17) is 9.26 Å². The summed E-state index contributed by atoms with van der Waals surface area (Å²) >= 11 is 0. The second kappa shape index (κ2) is 7.49. The van der Waals surface area contributed by atoms with Gasteiger partial charge in [-0.2, -0.15) is 0 Å². The molecule has 0 saturated carbocycles. The average Bonchev–Trinajstić information content (AvgIpc) is 3.34. The lowest BCUT2D eigenvalue weighted by molar-refractivity contribution is 0.299. The van der Waals surface area contributed by atoms with Crippen molar-refractivity contribution in [2.45, 2.75) is 13.2 Å². The van der Waals surface area contributed by atoms with Gasteiger partial charge in [-0.25, -0.2) is 8.78 Å². The number of halogens is 2. The molecule has 0 radical (unpaired) electrons. The number of ether oxygens (including phenoxy) is 1. The van der Waals surface area contributed by atoms with Crippen molar-refractivity contribution in [3.05, 3.63) is 90.1 Å². The molecule has 0 unspecified atom stereocenters. The van der Waals surface area contributed by atoms with E-state index in [1.165, 1.54) is 12.1 Å². The fourth-order valence-electron chi connectivity index (χ4n) is 2.79. The van der Waals surface area contributed by atoms with Crippen LogP contribution in [0.4, 0.5) is 14.5 Å². The van der Waals surface area contributed by atoms with E-state index in [1.54, 1.807) is 6.20 Å². The van der Waals surface area contributed by atoms with Gasteiger partial charge in [0.05, 0.1) is 19.4 Å². The Morgan fingerprint density at radius 2 is 1.89 bits per heavy atom. The van der Waals surface area contributed by atoms with E-state index in [0.29, 0.717) is 24.5 Å². The van der Waals surface area contributed by atoms with E-state index in [1.807, 2.05) is 42.7 Å². The van der Waals surface area contributed by atoms with Crippen LogP contribution in [-0.4, -0.2) is 16.7 Å². The zero-order valence-corrected chi connectivity index (χ0v) is 14.4. The van der Waals surface area contributed by atoms with Gasteiger partial charge in [0, 0.05) is 35.8 Å². The van der Waals surface area contributed by atoms with Crippen LogP contribution in [0.3, 0.4) is 0 Å². The van der Waals surface area contributed by atoms with Gasteiger partial charge in [0.25, 0.3) is 0 Å². The van der Waals surface area contributed by atoms with Gasteiger partial charge < -0.3 is 19.1 Å². The first-order valence-electron chi connectivity index (χ1n) is 8.43. The van der Waals surface area contributed by atoms with Crippen LogP contribution < -0.4 is 9.64 Å². The third kappa shape index (κ3) is 4.08. The van der Waals surface area contributed by atoms with E-state index >= 15 is 0 Å². The second-order valence-electron chi connectivity index (χ2n) is 6.15. The van der Waals surface area contributed by atoms with Crippen molar-refractivity contribution in [2.24, 2.45) is 0 Å². The monoisotopic (exact) mass is 369 g/mol. The predicted octanol–water partition coefficient (Wildman–Crippen LogP) is 4.28. The maximum Gasteiger partial charge on any atom is 0.155 e. The molecule has 3 aromatic rings. The Morgan fingerprint density at radius 3 is 2.63 bits per heavy atom.